The van der Waals surface area contributed by atoms with Crippen LogP contribution in [-0.2, 0) is 4.79 Å². The van der Waals surface area contributed by atoms with Crippen LogP contribution in [0.3, 0.4) is 0 Å². The van der Waals surface area contributed by atoms with E-state index in [-0.39, 0.29) is 17.7 Å². The summed E-state index contributed by atoms with van der Waals surface area (Å²) in [5.74, 6) is 0.425. The monoisotopic (exact) mass is 139 g/mol. The Morgan fingerprint density at radius 3 is 2.80 bits per heavy atom. The summed E-state index contributed by atoms with van der Waals surface area (Å²) in [5.41, 5.74) is 0. The predicted molar refractivity (Wildman–Crippen MR) is 40.8 cm³/mol. The summed E-state index contributed by atoms with van der Waals surface area (Å²) in [6.45, 7) is 4.69. The lowest BCUT2D eigenvalue weighted by Crippen LogP contribution is -2.33. The van der Waals surface area contributed by atoms with Crippen molar-refractivity contribution in [3.05, 3.63) is 12.2 Å². The Morgan fingerprint density at radius 2 is 2.40 bits per heavy atom. The highest BCUT2D eigenvalue weighted by Crippen LogP contribution is 2.03. The van der Waals surface area contributed by atoms with E-state index in [1.807, 2.05) is 26.0 Å². The van der Waals surface area contributed by atoms with Gasteiger partial charge in [0, 0.05) is 12.5 Å². The molecule has 0 spiro atoms. The molecule has 0 amide bonds. The minimum absolute atomic E-state index is 0.0139. The molecule has 0 aromatic rings. The fourth-order valence-corrected chi connectivity index (χ4v) is 1.02. The summed E-state index contributed by atoms with van der Waals surface area (Å²) in [7, 11) is 0. The molecular formula is C8H13NO. The zero-order chi connectivity index (χ0) is 7.56. The third kappa shape index (κ3) is 1.45. The molecule has 0 fully saturated rings. The predicted octanol–water partition coefficient (Wildman–Crippen LogP) is 0.740. The normalized spacial score (nSPS) is 24.1. The van der Waals surface area contributed by atoms with Gasteiger partial charge in [-0.1, -0.05) is 26.0 Å². The Morgan fingerprint density at radius 1 is 1.70 bits per heavy atom. The molecule has 1 unspecified atom stereocenters. The molecule has 1 aliphatic heterocycles. The molecule has 1 rings (SSSR count). The summed E-state index contributed by atoms with van der Waals surface area (Å²) in [4.78, 5) is 11.2. The average Bonchev–Trinajstić information content (AvgIpc) is 2.36. The number of ketones is 1. The Labute approximate surface area is 61.3 Å². The van der Waals surface area contributed by atoms with Crippen LogP contribution in [0.5, 0.6) is 0 Å². The Bertz CT molecular complexity index is 161. The Hall–Kier alpha value is -0.630. The molecule has 0 saturated carbocycles. The minimum atomic E-state index is -0.0139. The van der Waals surface area contributed by atoms with Gasteiger partial charge in [0.1, 0.15) is 0 Å². The number of hydrogen-bond acceptors (Lipinski definition) is 2. The first-order valence-electron chi connectivity index (χ1n) is 3.65. The van der Waals surface area contributed by atoms with E-state index >= 15 is 0 Å². The maximum absolute atomic E-state index is 11.2. The van der Waals surface area contributed by atoms with Crippen molar-refractivity contribution >= 4 is 5.78 Å². The molecule has 0 radical (unpaired) electrons. The third-order valence-corrected chi connectivity index (χ3v) is 1.66. The van der Waals surface area contributed by atoms with Crippen LogP contribution in [0.1, 0.15) is 13.8 Å². The van der Waals surface area contributed by atoms with Gasteiger partial charge in [-0.2, -0.15) is 0 Å². The van der Waals surface area contributed by atoms with Gasteiger partial charge in [-0.15, -0.1) is 0 Å². The van der Waals surface area contributed by atoms with Crippen molar-refractivity contribution in [1.82, 2.24) is 5.32 Å². The first-order valence-corrected chi connectivity index (χ1v) is 3.65. The molecular weight excluding hydrogens is 126 g/mol. The molecule has 1 aliphatic rings. The highest BCUT2D eigenvalue weighted by atomic mass is 16.1. The van der Waals surface area contributed by atoms with Gasteiger partial charge in [0.15, 0.2) is 5.78 Å². The van der Waals surface area contributed by atoms with Crippen molar-refractivity contribution in [2.75, 3.05) is 6.54 Å². The standard InChI is InChI=1S/C8H13NO/c1-6(2)8(10)7-4-3-5-9-7/h3-4,6-7,9H,5H2,1-2H3. The van der Waals surface area contributed by atoms with Gasteiger partial charge in [0.25, 0.3) is 0 Å². The van der Waals surface area contributed by atoms with E-state index in [1.54, 1.807) is 0 Å². The second-order valence-corrected chi connectivity index (χ2v) is 2.87. The molecule has 2 nitrogen and oxygen atoms in total. The molecule has 10 heavy (non-hydrogen) atoms. The molecule has 0 aromatic heterocycles. The third-order valence-electron chi connectivity index (χ3n) is 1.66. The average molecular weight is 139 g/mol. The number of nitrogens with one attached hydrogen (secondary N) is 1. The van der Waals surface area contributed by atoms with Gasteiger partial charge >= 0.3 is 0 Å². The van der Waals surface area contributed by atoms with Crippen molar-refractivity contribution in [2.45, 2.75) is 19.9 Å². The second kappa shape index (κ2) is 2.97. The first-order chi connectivity index (χ1) is 4.72. The van der Waals surface area contributed by atoms with E-state index in [9.17, 15) is 4.79 Å². The summed E-state index contributed by atoms with van der Waals surface area (Å²) < 4.78 is 0. The van der Waals surface area contributed by atoms with Gasteiger partial charge < -0.3 is 5.32 Å². The highest BCUT2D eigenvalue weighted by molar-refractivity contribution is 5.87. The summed E-state index contributed by atoms with van der Waals surface area (Å²) in [5, 5.41) is 3.08. The molecule has 0 aliphatic carbocycles. The Kier molecular flexibility index (Phi) is 2.22. The topological polar surface area (TPSA) is 29.1 Å². The van der Waals surface area contributed by atoms with Crippen molar-refractivity contribution < 1.29 is 4.79 Å². The SMILES string of the molecule is CC(C)C(=O)C1C=CCN1. The van der Waals surface area contributed by atoms with Crippen molar-refractivity contribution in [1.29, 1.82) is 0 Å². The fraction of sp³-hybridized carbons (Fsp3) is 0.625. The quantitative estimate of drug-likeness (QED) is 0.572. The van der Waals surface area contributed by atoms with E-state index in [1.165, 1.54) is 0 Å². The number of rotatable bonds is 2. The van der Waals surface area contributed by atoms with Gasteiger partial charge in [-0.3, -0.25) is 4.79 Å². The molecule has 56 valence electrons. The number of carbonyl (C=O) groups excluding carboxylic acids is 1. The van der Waals surface area contributed by atoms with E-state index in [0.29, 0.717) is 0 Å². The number of Topliss-reactive ketones (excluding diaryl/α,β-unsaturated/α-hetero) is 1. The van der Waals surface area contributed by atoms with Gasteiger partial charge in [-0.05, 0) is 0 Å². The number of carbonyl (C=O) groups is 1. The van der Waals surface area contributed by atoms with Crippen LogP contribution in [0.15, 0.2) is 12.2 Å². The molecule has 1 heterocycles. The van der Waals surface area contributed by atoms with E-state index < -0.39 is 0 Å². The maximum Gasteiger partial charge on any atom is 0.156 e. The van der Waals surface area contributed by atoms with E-state index in [4.69, 9.17) is 0 Å². The van der Waals surface area contributed by atoms with Crippen LogP contribution in [0, 0.1) is 5.92 Å². The van der Waals surface area contributed by atoms with Crippen LogP contribution in [0.25, 0.3) is 0 Å². The summed E-state index contributed by atoms with van der Waals surface area (Å²) in [6.07, 6.45) is 3.92. The van der Waals surface area contributed by atoms with Gasteiger partial charge in [0.05, 0.1) is 6.04 Å². The molecule has 2 heteroatoms. The smallest absolute Gasteiger partial charge is 0.156 e. The minimum Gasteiger partial charge on any atom is -0.301 e. The molecule has 0 bridgehead atoms. The molecule has 1 atom stereocenters. The second-order valence-electron chi connectivity index (χ2n) is 2.87. The van der Waals surface area contributed by atoms with E-state index in [2.05, 4.69) is 5.32 Å². The molecule has 1 N–H and O–H groups in total. The van der Waals surface area contributed by atoms with Crippen molar-refractivity contribution in [2.24, 2.45) is 5.92 Å². The van der Waals surface area contributed by atoms with Crippen LogP contribution in [0.4, 0.5) is 0 Å². The molecule has 0 aromatic carbocycles. The zero-order valence-corrected chi connectivity index (χ0v) is 6.42. The van der Waals surface area contributed by atoms with Crippen molar-refractivity contribution in [3.8, 4) is 0 Å². The largest absolute Gasteiger partial charge is 0.301 e. The van der Waals surface area contributed by atoms with Crippen LogP contribution < -0.4 is 5.32 Å². The summed E-state index contributed by atoms with van der Waals surface area (Å²) >= 11 is 0. The fourth-order valence-electron chi connectivity index (χ4n) is 1.02. The lowest BCUT2D eigenvalue weighted by atomic mass is 10.0. The Balaban J connectivity index is 2.49. The van der Waals surface area contributed by atoms with Crippen molar-refractivity contribution in [3.63, 3.8) is 0 Å². The van der Waals surface area contributed by atoms with Crippen LogP contribution in [-0.4, -0.2) is 18.4 Å². The first kappa shape index (κ1) is 7.48. The maximum atomic E-state index is 11.2. The van der Waals surface area contributed by atoms with Gasteiger partial charge in [-0.25, -0.2) is 0 Å². The van der Waals surface area contributed by atoms with Crippen LogP contribution >= 0.6 is 0 Å². The lowest BCUT2D eigenvalue weighted by molar-refractivity contribution is -0.122. The summed E-state index contributed by atoms with van der Waals surface area (Å²) in [6, 6.07) is -0.0139. The molecule has 0 saturated heterocycles. The highest BCUT2D eigenvalue weighted by Gasteiger charge is 2.19. The van der Waals surface area contributed by atoms with Gasteiger partial charge in [0.2, 0.25) is 0 Å². The van der Waals surface area contributed by atoms with Crippen LogP contribution in [0.2, 0.25) is 0 Å². The van der Waals surface area contributed by atoms with E-state index in [0.717, 1.165) is 6.54 Å². The number of hydrogen-bond donors (Lipinski definition) is 1. The zero-order valence-electron chi connectivity index (χ0n) is 6.42. The lowest BCUT2D eigenvalue weighted by Gasteiger charge is -2.09.